The lowest BCUT2D eigenvalue weighted by atomic mass is 10.3. The second-order valence-corrected chi connectivity index (χ2v) is 4.44. The summed E-state index contributed by atoms with van der Waals surface area (Å²) in [5, 5.41) is 9.49. The Kier molecular flexibility index (Phi) is 2.07. The number of aromatic hydroxyl groups is 1. The molecule has 1 saturated carbocycles. The predicted octanol–water partition coefficient (Wildman–Crippen LogP) is 1.83. The van der Waals surface area contributed by atoms with E-state index in [1.54, 1.807) is 11.3 Å². The van der Waals surface area contributed by atoms with Gasteiger partial charge in [0.05, 0.1) is 0 Å². The Labute approximate surface area is 76.0 Å². The minimum Gasteiger partial charge on any atom is -0.507 e. The highest BCUT2D eigenvalue weighted by Gasteiger charge is 2.26. The monoisotopic (exact) mass is 183 g/mol. The van der Waals surface area contributed by atoms with E-state index in [1.165, 1.54) is 17.7 Å². The first-order valence-corrected chi connectivity index (χ1v) is 5.14. The van der Waals surface area contributed by atoms with Crippen molar-refractivity contribution in [2.24, 2.45) is 5.73 Å². The van der Waals surface area contributed by atoms with Gasteiger partial charge in [0, 0.05) is 9.75 Å². The van der Waals surface area contributed by atoms with Crippen LogP contribution in [0.25, 0.3) is 0 Å². The minimum absolute atomic E-state index is 0.451. The van der Waals surface area contributed by atoms with E-state index < -0.39 is 0 Å². The molecule has 0 spiro atoms. The molecule has 0 amide bonds. The van der Waals surface area contributed by atoms with Crippen LogP contribution in [-0.2, 0) is 6.42 Å². The lowest BCUT2D eigenvalue weighted by molar-refractivity contribution is 0.471. The van der Waals surface area contributed by atoms with Crippen LogP contribution < -0.4 is 5.73 Å². The van der Waals surface area contributed by atoms with Crippen molar-refractivity contribution in [1.29, 1.82) is 0 Å². The van der Waals surface area contributed by atoms with Crippen LogP contribution in [-0.4, -0.2) is 11.7 Å². The zero-order chi connectivity index (χ0) is 8.55. The fourth-order valence-electron chi connectivity index (χ4n) is 1.32. The Hall–Kier alpha value is -0.540. The topological polar surface area (TPSA) is 46.2 Å². The Morgan fingerprint density at radius 3 is 2.92 bits per heavy atom. The van der Waals surface area contributed by atoms with Gasteiger partial charge < -0.3 is 10.8 Å². The molecule has 1 fully saturated rings. The van der Waals surface area contributed by atoms with Crippen molar-refractivity contribution in [2.45, 2.75) is 25.2 Å². The van der Waals surface area contributed by atoms with Crippen LogP contribution in [0, 0.1) is 0 Å². The molecular formula is C9H13NOS. The van der Waals surface area contributed by atoms with Crippen LogP contribution in [0.3, 0.4) is 0 Å². The van der Waals surface area contributed by atoms with E-state index in [0.29, 0.717) is 12.3 Å². The molecule has 0 saturated heterocycles. The molecule has 2 rings (SSSR count). The standard InChI is InChI=1S/C9H13NOS/c10-4-3-8-7(11)5-9(12-8)6-1-2-6/h5-6,11H,1-4,10H2. The Morgan fingerprint density at radius 1 is 1.58 bits per heavy atom. The van der Waals surface area contributed by atoms with Crippen LogP contribution in [0.4, 0.5) is 0 Å². The third kappa shape index (κ3) is 1.47. The molecule has 0 unspecified atom stereocenters. The van der Waals surface area contributed by atoms with Gasteiger partial charge in [-0.05, 0) is 37.8 Å². The van der Waals surface area contributed by atoms with Crippen molar-refractivity contribution in [1.82, 2.24) is 0 Å². The highest BCUT2D eigenvalue weighted by atomic mass is 32.1. The van der Waals surface area contributed by atoms with Crippen molar-refractivity contribution < 1.29 is 5.11 Å². The maximum atomic E-state index is 9.49. The average molecular weight is 183 g/mol. The molecule has 3 heteroatoms. The molecule has 1 aromatic rings. The lowest BCUT2D eigenvalue weighted by Crippen LogP contribution is -2.00. The third-order valence-corrected chi connectivity index (χ3v) is 3.50. The van der Waals surface area contributed by atoms with Crippen LogP contribution >= 0.6 is 11.3 Å². The molecule has 66 valence electrons. The van der Waals surface area contributed by atoms with Crippen LogP contribution in [0.1, 0.15) is 28.5 Å². The minimum atomic E-state index is 0.451. The Bertz CT molecular complexity index is 278. The van der Waals surface area contributed by atoms with Crippen molar-refractivity contribution in [3.8, 4) is 5.75 Å². The Balaban J connectivity index is 2.18. The zero-order valence-electron chi connectivity index (χ0n) is 6.92. The third-order valence-electron chi connectivity index (χ3n) is 2.16. The summed E-state index contributed by atoms with van der Waals surface area (Å²) in [5.41, 5.74) is 5.43. The van der Waals surface area contributed by atoms with E-state index in [9.17, 15) is 5.11 Å². The molecule has 0 bridgehead atoms. The molecule has 12 heavy (non-hydrogen) atoms. The predicted molar refractivity (Wildman–Crippen MR) is 50.7 cm³/mol. The van der Waals surface area contributed by atoms with Gasteiger partial charge in [-0.25, -0.2) is 0 Å². The van der Waals surface area contributed by atoms with Crippen LogP contribution in [0.2, 0.25) is 0 Å². The molecule has 0 radical (unpaired) electrons. The molecule has 0 atom stereocenters. The number of thiophene rings is 1. The van der Waals surface area contributed by atoms with Gasteiger partial charge in [-0.3, -0.25) is 0 Å². The van der Waals surface area contributed by atoms with Crippen molar-refractivity contribution >= 4 is 11.3 Å². The van der Waals surface area contributed by atoms with Crippen LogP contribution in [0.15, 0.2) is 6.07 Å². The molecule has 0 aromatic carbocycles. The fourth-order valence-corrected chi connectivity index (χ4v) is 2.56. The number of hydrogen-bond donors (Lipinski definition) is 2. The number of rotatable bonds is 3. The molecule has 2 nitrogen and oxygen atoms in total. The van der Waals surface area contributed by atoms with Gasteiger partial charge in [0.15, 0.2) is 0 Å². The fraction of sp³-hybridized carbons (Fsp3) is 0.556. The highest BCUT2D eigenvalue weighted by Crippen LogP contribution is 2.45. The summed E-state index contributed by atoms with van der Waals surface area (Å²) in [6.07, 6.45) is 3.40. The van der Waals surface area contributed by atoms with E-state index >= 15 is 0 Å². The second-order valence-electron chi connectivity index (χ2n) is 3.27. The average Bonchev–Trinajstić information content (AvgIpc) is 2.80. The van der Waals surface area contributed by atoms with E-state index in [0.717, 1.165) is 17.2 Å². The first-order valence-electron chi connectivity index (χ1n) is 4.33. The van der Waals surface area contributed by atoms with Gasteiger partial charge in [-0.1, -0.05) is 0 Å². The molecule has 1 aliphatic carbocycles. The lowest BCUT2D eigenvalue weighted by Gasteiger charge is -1.91. The van der Waals surface area contributed by atoms with E-state index in [4.69, 9.17) is 5.73 Å². The van der Waals surface area contributed by atoms with Crippen LogP contribution in [0.5, 0.6) is 5.75 Å². The van der Waals surface area contributed by atoms with Crippen molar-refractivity contribution in [3.63, 3.8) is 0 Å². The van der Waals surface area contributed by atoms with Gasteiger partial charge in [0.2, 0.25) is 0 Å². The van der Waals surface area contributed by atoms with Crippen molar-refractivity contribution in [3.05, 3.63) is 15.8 Å². The molecule has 1 aliphatic rings. The normalized spacial score (nSPS) is 16.8. The zero-order valence-corrected chi connectivity index (χ0v) is 7.73. The SMILES string of the molecule is NCCc1sc(C2CC2)cc1O. The maximum Gasteiger partial charge on any atom is 0.129 e. The summed E-state index contributed by atoms with van der Waals surface area (Å²) in [5.74, 6) is 1.19. The van der Waals surface area contributed by atoms with Gasteiger partial charge in [0.1, 0.15) is 5.75 Å². The van der Waals surface area contributed by atoms with E-state index in [1.807, 2.05) is 6.07 Å². The van der Waals surface area contributed by atoms with Gasteiger partial charge in [0.25, 0.3) is 0 Å². The van der Waals surface area contributed by atoms with Gasteiger partial charge in [-0.2, -0.15) is 0 Å². The second kappa shape index (κ2) is 3.07. The summed E-state index contributed by atoms with van der Waals surface area (Å²) < 4.78 is 0. The molecule has 1 aromatic heterocycles. The first kappa shape index (κ1) is 8.08. The summed E-state index contributed by atoms with van der Waals surface area (Å²) in [7, 11) is 0. The van der Waals surface area contributed by atoms with E-state index in [-0.39, 0.29) is 0 Å². The van der Waals surface area contributed by atoms with E-state index in [2.05, 4.69) is 0 Å². The molecule has 0 aliphatic heterocycles. The quantitative estimate of drug-likeness (QED) is 0.751. The van der Waals surface area contributed by atoms with Gasteiger partial charge in [-0.15, -0.1) is 11.3 Å². The number of hydrogen-bond acceptors (Lipinski definition) is 3. The summed E-state index contributed by atoms with van der Waals surface area (Å²) in [6, 6.07) is 1.91. The smallest absolute Gasteiger partial charge is 0.129 e. The molecule has 1 heterocycles. The Morgan fingerprint density at radius 2 is 2.33 bits per heavy atom. The summed E-state index contributed by atoms with van der Waals surface area (Å²) in [4.78, 5) is 2.40. The molecular weight excluding hydrogens is 170 g/mol. The highest BCUT2D eigenvalue weighted by molar-refractivity contribution is 7.12. The van der Waals surface area contributed by atoms with Crippen molar-refractivity contribution in [2.75, 3.05) is 6.54 Å². The first-order chi connectivity index (χ1) is 5.81. The molecule has 3 N–H and O–H groups in total. The summed E-state index contributed by atoms with van der Waals surface area (Å²) in [6.45, 7) is 0.623. The summed E-state index contributed by atoms with van der Waals surface area (Å²) >= 11 is 1.72. The number of nitrogens with two attached hydrogens (primary N) is 1. The largest absolute Gasteiger partial charge is 0.507 e. The maximum absolute atomic E-state index is 9.49. The van der Waals surface area contributed by atoms with Gasteiger partial charge >= 0.3 is 0 Å².